The third kappa shape index (κ3) is 3.03. The first-order valence-electron chi connectivity index (χ1n) is 6.40. The number of amides is 2. The molecule has 2 rings (SSSR count). The quantitative estimate of drug-likeness (QED) is 0.758. The average molecular weight is 295 g/mol. The Hall–Kier alpha value is -1.37. The Kier molecular flexibility index (Phi) is 4.80. The molecule has 1 aromatic carbocycles. The van der Waals surface area contributed by atoms with Gasteiger partial charge in [-0.1, -0.05) is 19.1 Å². The van der Waals surface area contributed by atoms with E-state index in [1.165, 1.54) is 11.8 Å². The highest BCUT2D eigenvalue weighted by atomic mass is 32.2. The number of fused-ring (bicyclic) bond motifs is 1. The molecule has 2 amide bonds. The molecular formula is C14H17NO4S. The molecule has 0 saturated carbocycles. The second-order valence-electron chi connectivity index (χ2n) is 4.75. The fourth-order valence-corrected chi connectivity index (χ4v) is 2.76. The average Bonchev–Trinajstić information content (AvgIpc) is 2.70. The van der Waals surface area contributed by atoms with E-state index >= 15 is 0 Å². The van der Waals surface area contributed by atoms with Crippen molar-refractivity contribution >= 4 is 23.6 Å². The molecule has 2 atom stereocenters. The van der Waals surface area contributed by atoms with Crippen LogP contribution in [0.25, 0.3) is 0 Å². The number of benzene rings is 1. The third-order valence-corrected chi connectivity index (χ3v) is 4.40. The standard InChI is InChI=1S/C14H17NO4S/c1-9(7-16)20-8-10(17)6-15-13(18)11-4-2-3-5-12(11)14(15)19/h2-5,9-10,16-17H,6-8H2,1H3. The van der Waals surface area contributed by atoms with Gasteiger partial charge < -0.3 is 10.2 Å². The summed E-state index contributed by atoms with van der Waals surface area (Å²) in [5, 5.41) is 18.9. The Labute approximate surface area is 121 Å². The van der Waals surface area contributed by atoms with Gasteiger partial charge in [0.05, 0.1) is 30.4 Å². The zero-order valence-electron chi connectivity index (χ0n) is 11.2. The van der Waals surface area contributed by atoms with Crippen LogP contribution in [-0.2, 0) is 0 Å². The zero-order chi connectivity index (χ0) is 14.7. The molecule has 0 radical (unpaired) electrons. The van der Waals surface area contributed by atoms with Crippen molar-refractivity contribution in [3.05, 3.63) is 35.4 Å². The molecule has 0 saturated heterocycles. The lowest BCUT2D eigenvalue weighted by molar-refractivity contribution is 0.0567. The number of carbonyl (C=O) groups is 2. The van der Waals surface area contributed by atoms with E-state index in [0.717, 1.165) is 4.90 Å². The molecule has 0 spiro atoms. The first kappa shape index (κ1) is 15.0. The van der Waals surface area contributed by atoms with Crippen LogP contribution in [0.2, 0.25) is 0 Å². The van der Waals surface area contributed by atoms with Crippen LogP contribution in [0.15, 0.2) is 24.3 Å². The summed E-state index contributed by atoms with van der Waals surface area (Å²) < 4.78 is 0. The van der Waals surface area contributed by atoms with Gasteiger partial charge in [0.2, 0.25) is 0 Å². The van der Waals surface area contributed by atoms with E-state index in [9.17, 15) is 14.7 Å². The molecule has 1 aromatic rings. The zero-order valence-corrected chi connectivity index (χ0v) is 12.0. The highest BCUT2D eigenvalue weighted by molar-refractivity contribution is 7.99. The Morgan fingerprint density at radius 1 is 1.20 bits per heavy atom. The number of aliphatic hydroxyl groups is 2. The van der Waals surface area contributed by atoms with E-state index in [4.69, 9.17) is 5.11 Å². The van der Waals surface area contributed by atoms with Crippen LogP contribution in [0.5, 0.6) is 0 Å². The Morgan fingerprint density at radius 3 is 2.25 bits per heavy atom. The summed E-state index contributed by atoms with van der Waals surface area (Å²) in [5.74, 6) is -0.343. The number of hydrogen-bond acceptors (Lipinski definition) is 5. The maximum absolute atomic E-state index is 12.1. The molecule has 108 valence electrons. The van der Waals surface area contributed by atoms with Gasteiger partial charge in [-0.05, 0) is 12.1 Å². The van der Waals surface area contributed by atoms with Crippen LogP contribution >= 0.6 is 11.8 Å². The molecule has 2 N–H and O–H groups in total. The molecule has 0 fully saturated rings. The highest BCUT2D eigenvalue weighted by Gasteiger charge is 2.35. The molecule has 0 bridgehead atoms. The van der Waals surface area contributed by atoms with Gasteiger partial charge >= 0.3 is 0 Å². The maximum atomic E-state index is 12.1. The van der Waals surface area contributed by atoms with Crippen molar-refractivity contribution in [1.29, 1.82) is 0 Å². The molecule has 0 aliphatic carbocycles. The summed E-state index contributed by atoms with van der Waals surface area (Å²) >= 11 is 1.40. The van der Waals surface area contributed by atoms with Crippen molar-refractivity contribution in [3.8, 4) is 0 Å². The van der Waals surface area contributed by atoms with Gasteiger partial charge in [0.15, 0.2) is 0 Å². The minimum Gasteiger partial charge on any atom is -0.395 e. The van der Waals surface area contributed by atoms with Crippen LogP contribution in [-0.4, -0.2) is 57.2 Å². The van der Waals surface area contributed by atoms with Crippen LogP contribution in [0.3, 0.4) is 0 Å². The van der Waals surface area contributed by atoms with Crippen molar-refractivity contribution in [3.63, 3.8) is 0 Å². The largest absolute Gasteiger partial charge is 0.395 e. The van der Waals surface area contributed by atoms with E-state index < -0.39 is 6.10 Å². The SMILES string of the molecule is CC(CO)SCC(O)CN1C(=O)c2ccccc2C1=O. The van der Waals surface area contributed by atoms with E-state index in [2.05, 4.69) is 0 Å². The fraction of sp³-hybridized carbons (Fsp3) is 0.429. The van der Waals surface area contributed by atoms with Crippen LogP contribution in [0.4, 0.5) is 0 Å². The van der Waals surface area contributed by atoms with Crippen LogP contribution < -0.4 is 0 Å². The normalized spacial score (nSPS) is 17.2. The topological polar surface area (TPSA) is 77.8 Å². The number of thioether (sulfide) groups is 1. The van der Waals surface area contributed by atoms with Gasteiger partial charge in [0, 0.05) is 11.0 Å². The lowest BCUT2D eigenvalue weighted by Crippen LogP contribution is -2.38. The number of rotatable bonds is 6. The van der Waals surface area contributed by atoms with Crippen molar-refractivity contribution in [1.82, 2.24) is 4.90 Å². The second kappa shape index (κ2) is 6.39. The summed E-state index contributed by atoms with van der Waals surface area (Å²) in [7, 11) is 0. The van der Waals surface area contributed by atoms with E-state index in [-0.39, 0.29) is 30.2 Å². The Balaban J connectivity index is 1.98. The first-order valence-corrected chi connectivity index (χ1v) is 7.45. The minimum atomic E-state index is -0.795. The van der Waals surface area contributed by atoms with E-state index in [0.29, 0.717) is 16.9 Å². The molecule has 2 unspecified atom stereocenters. The molecule has 6 heteroatoms. The monoisotopic (exact) mass is 295 g/mol. The third-order valence-electron chi connectivity index (χ3n) is 3.10. The lowest BCUT2D eigenvalue weighted by atomic mass is 10.1. The number of carbonyl (C=O) groups excluding carboxylic acids is 2. The minimum absolute atomic E-state index is 0.0164. The number of imide groups is 1. The van der Waals surface area contributed by atoms with Crippen molar-refractivity contribution < 1.29 is 19.8 Å². The molecule has 0 aromatic heterocycles. The molecule has 1 aliphatic rings. The molecule has 1 aliphatic heterocycles. The first-order chi connectivity index (χ1) is 9.54. The van der Waals surface area contributed by atoms with Crippen LogP contribution in [0, 0.1) is 0 Å². The Morgan fingerprint density at radius 2 is 1.75 bits per heavy atom. The summed E-state index contributed by atoms with van der Waals surface area (Å²) in [6, 6.07) is 6.65. The second-order valence-corrected chi connectivity index (χ2v) is 6.22. The lowest BCUT2D eigenvalue weighted by Gasteiger charge is -2.19. The van der Waals surface area contributed by atoms with Gasteiger partial charge in [-0.3, -0.25) is 14.5 Å². The van der Waals surface area contributed by atoms with E-state index in [1.54, 1.807) is 24.3 Å². The summed E-state index contributed by atoms with van der Waals surface area (Å²) in [6.07, 6.45) is -0.795. The summed E-state index contributed by atoms with van der Waals surface area (Å²) in [4.78, 5) is 25.3. The molecule has 5 nitrogen and oxygen atoms in total. The number of aliphatic hydroxyl groups excluding tert-OH is 2. The van der Waals surface area contributed by atoms with Gasteiger partial charge in [0.1, 0.15) is 0 Å². The van der Waals surface area contributed by atoms with Gasteiger partial charge in [0.25, 0.3) is 11.8 Å². The predicted molar refractivity (Wildman–Crippen MR) is 76.8 cm³/mol. The van der Waals surface area contributed by atoms with Crippen LogP contribution in [0.1, 0.15) is 27.6 Å². The van der Waals surface area contributed by atoms with E-state index in [1.807, 2.05) is 6.92 Å². The van der Waals surface area contributed by atoms with Crippen molar-refractivity contribution in [2.24, 2.45) is 0 Å². The number of nitrogens with zero attached hydrogens (tertiary/aromatic N) is 1. The van der Waals surface area contributed by atoms with Crippen molar-refractivity contribution in [2.45, 2.75) is 18.3 Å². The maximum Gasteiger partial charge on any atom is 0.261 e. The summed E-state index contributed by atoms with van der Waals surface area (Å²) in [6.45, 7) is 1.86. The van der Waals surface area contributed by atoms with Gasteiger partial charge in [-0.25, -0.2) is 0 Å². The smallest absolute Gasteiger partial charge is 0.261 e. The highest BCUT2D eigenvalue weighted by Crippen LogP contribution is 2.23. The van der Waals surface area contributed by atoms with Gasteiger partial charge in [-0.2, -0.15) is 11.8 Å². The summed E-state index contributed by atoms with van der Waals surface area (Å²) in [5.41, 5.74) is 0.780. The Bertz CT molecular complexity index is 485. The van der Waals surface area contributed by atoms with Crippen molar-refractivity contribution in [2.75, 3.05) is 18.9 Å². The predicted octanol–water partition coefficient (Wildman–Crippen LogP) is 0.758. The molecular weight excluding hydrogens is 278 g/mol. The fourth-order valence-electron chi connectivity index (χ4n) is 2.00. The van der Waals surface area contributed by atoms with Gasteiger partial charge in [-0.15, -0.1) is 0 Å². The number of hydrogen-bond donors (Lipinski definition) is 2. The molecule has 20 heavy (non-hydrogen) atoms. The number of β-amino-alcohol motifs (C(OH)–C–C–N with tert-alkyl or cyclic N) is 1. The molecule has 1 heterocycles.